The largest absolute Gasteiger partial charge is 0.354 e. The SMILES string of the molecule is CCCCNC(=O)C(CC)N(Cc1ccccc1C)C(=O)CCCN1c2cccc3cccc(c23)S1(=O)=O. The Bertz CT molecular complexity index is 1410. The van der Waals surface area contributed by atoms with Crippen LogP contribution >= 0.6 is 0 Å². The van der Waals surface area contributed by atoms with Gasteiger partial charge in [-0.1, -0.05) is 68.8 Å². The van der Waals surface area contributed by atoms with Gasteiger partial charge in [0.2, 0.25) is 11.8 Å². The van der Waals surface area contributed by atoms with E-state index in [2.05, 4.69) is 12.2 Å². The van der Waals surface area contributed by atoms with E-state index in [-0.39, 0.29) is 24.8 Å². The number of carbonyl (C=O) groups excluding carboxylic acids is 2. The quantitative estimate of drug-likeness (QED) is 0.325. The van der Waals surface area contributed by atoms with Crippen LogP contribution in [0.3, 0.4) is 0 Å². The molecule has 1 aliphatic rings. The molecule has 1 heterocycles. The van der Waals surface area contributed by atoms with Crippen LogP contribution in [-0.4, -0.2) is 44.3 Å². The Morgan fingerprint density at radius 2 is 1.71 bits per heavy atom. The van der Waals surface area contributed by atoms with Gasteiger partial charge in [-0.3, -0.25) is 13.9 Å². The molecule has 0 fully saturated rings. The third-order valence-electron chi connectivity index (χ3n) is 7.25. The lowest BCUT2D eigenvalue weighted by Crippen LogP contribution is -2.49. The summed E-state index contributed by atoms with van der Waals surface area (Å²) >= 11 is 0. The van der Waals surface area contributed by atoms with Gasteiger partial charge in [0.05, 0.1) is 10.6 Å². The monoisotopic (exact) mass is 535 g/mol. The lowest BCUT2D eigenvalue weighted by molar-refractivity contribution is -0.141. The van der Waals surface area contributed by atoms with Crippen molar-refractivity contribution in [2.75, 3.05) is 17.4 Å². The number of rotatable bonds is 12. The maximum absolute atomic E-state index is 13.6. The van der Waals surface area contributed by atoms with Crippen LogP contribution in [-0.2, 0) is 26.2 Å². The first-order chi connectivity index (χ1) is 18.3. The van der Waals surface area contributed by atoms with Crippen molar-refractivity contribution in [3.05, 3.63) is 71.8 Å². The van der Waals surface area contributed by atoms with Gasteiger partial charge in [-0.05, 0) is 54.8 Å². The summed E-state index contributed by atoms with van der Waals surface area (Å²) in [5.74, 6) is -0.301. The Morgan fingerprint density at radius 3 is 2.42 bits per heavy atom. The molecule has 0 radical (unpaired) electrons. The number of carbonyl (C=O) groups is 2. The molecular formula is C30H37N3O4S. The van der Waals surface area contributed by atoms with Crippen LogP contribution in [0, 0.1) is 6.92 Å². The normalized spacial score (nSPS) is 14.4. The van der Waals surface area contributed by atoms with Gasteiger partial charge in [0, 0.05) is 31.4 Å². The lowest BCUT2D eigenvalue weighted by atomic mass is 10.0. The van der Waals surface area contributed by atoms with Crippen LogP contribution in [0.2, 0.25) is 0 Å². The van der Waals surface area contributed by atoms with Crippen molar-refractivity contribution in [3.8, 4) is 0 Å². The van der Waals surface area contributed by atoms with E-state index in [1.54, 1.807) is 17.0 Å². The molecule has 3 aromatic rings. The molecule has 202 valence electrons. The number of aryl methyl sites for hydroxylation is 1. The summed E-state index contributed by atoms with van der Waals surface area (Å²) in [5, 5.41) is 4.60. The van der Waals surface area contributed by atoms with Gasteiger partial charge in [-0.2, -0.15) is 0 Å². The Morgan fingerprint density at radius 1 is 0.974 bits per heavy atom. The van der Waals surface area contributed by atoms with E-state index in [0.29, 0.717) is 36.5 Å². The van der Waals surface area contributed by atoms with Crippen LogP contribution in [0.25, 0.3) is 10.8 Å². The molecule has 8 heteroatoms. The van der Waals surface area contributed by atoms with E-state index in [1.807, 2.05) is 62.4 Å². The molecule has 1 atom stereocenters. The number of hydrogen-bond donors (Lipinski definition) is 1. The average Bonchev–Trinajstić information content (AvgIpc) is 3.13. The molecule has 1 N–H and O–H groups in total. The van der Waals surface area contributed by atoms with Crippen molar-refractivity contribution in [2.24, 2.45) is 0 Å². The van der Waals surface area contributed by atoms with Crippen molar-refractivity contribution >= 4 is 38.3 Å². The van der Waals surface area contributed by atoms with Crippen LogP contribution in [0.4, 0.5) is 5.69 Å². The van der Waals surface area contributed by atoms with Gasteiger partial charge in [0.1, 0.15) is 6.04 Å². The van der Waals surface area contributed by atoms with Gasteiger partial charge in [0.15, 0.2) is 0 Å². The minimum Gasteiger partial charge on any atom is -0.354 e. The fourth-order valence-electron chi connectivity index (χ4n) is 5.11. The summed E-state index contributed by atoms with van der Waals surface area (Å²) in [6, 6.07) is 18.2. The molecule has 1 aliphatic heterocycles. The number of benzene rings is 3. The van der Waals surface area contributed by atoms with Gasteiger partial charge in [-0.15, -0.1) is 0 Å². The average molecular weight is 536 g/mol. The Labute approximate surface area is 225 Å². The molecule has 38 heavy (non-hydrogen) atoms. The van der Waals surface area contributed by atoms with E-state index in [4.69, 9.17) is 0 Å². The van der Waals surface area contributed by atoms with Crippen molar-refractivity contribution in [2.45, 2.75) is 70.4 Å². The third kappa shape index (κ3) is 5.55. The summed E-state index contributed by atoms with van der Waals surface area (Å²) in [6.45, 7) is 7.08. The van der Waals surface area contributed by atoms with E-state index in [0.717, 1.165) is 34.7 Å². The first-order valence-electron chi connectivity index (χ1n) is 13.5. The zero-order chi connectivity index (χ0) is 27.3. The number of nitrogens with zero attached hydrogens (tertiary/aromatic N) is 2. The molecule has 4 rings (SSSR count). The second-order valence-electron chi connectivity index (χ2n) is 9.83. The van der Waals surface area contributed by atoms with Crippen molar-refractivity contribution in [3.63, 3.8) is 0 Å². The minimum absolute atomic E-state index is 0.142. The molecule has 0 spiro atoms. The number of anilines is 1. The molecule has 2 amide bonds. The topological polar surface area (TPSA) is 86.8 Å². The number of sulfonamides is 1. The smallest absolute Gasteiger partial charge is 0.265 e. The second kappa shape index (κ2) is 12.0. The van der Waals surface area contributed by atoms with Crippen molar-refractivity contribution in [1.82, 2.24) is 10.2 Å². The first kappa shape index (κ1) is 27.6. The van der Waals surface area contributed by atoms with Crippen LogP contribution in [0.1, 0.15) is 57.1 Å². The maximum Gasteiger partial charge on any atom is 0.265 e. The van der Waals surface area contributed by atoms with Crippen LogP contribution in [0.15, 0.2) is 65.6 Å². The number of hydrogen-bond acceptors (Lipinski definition) is 4. The third-order valence-corrected chi connectivity index (χ3v) is 9.11. The first-order valence-corrected chi connectivity index (χ1v) is 14.9. The standard InChI is InChI=1S/C30H37N3O4S/c1-4-6-19-31-30(35)25(5-2)32(21-24-13-8-7-12-22(24)3)28(34)18-11-20-33-26-16-9-14-23-15-10-17-27(29(23)26)38(33,36)37/h7-10,12-17,25H,4-6,11,18-21H2,1-3H3,(H,31,35). The molecule has 0 aliphatic carbocycles. The maximum atomic E-state index is 13.6. The van der Waals surface area contributed by atoms with Gasteiger partial charge in [-0.25, -0.2) is 8.42 Å². The fraction of sp³-hybridized carbons (Fsp3) is 0.400. The van der Waals surface area contributed by atoms with E-state index < -0.39 is 16.1 Å². The van der Waals surface area contributed by atoms with E-state index >= 15 is 0 Å². The lowest BCUT2D eigenvalue weighted by Gasteiger charge is -2.31. The zero-order valence-corrected chi connectivity index (χ0v) is 23.3. The number of nitrogens with one attached hydrogen (secondary N) is 1. The molecule has 7 nitrogen and oxygen atoms in total. The highest BCUT2D eigenvalue weighted by atomic mass is 32.2. The highest BCUT2D eigenvalue weighted by Crippen LogP contribution is 2.42. The zero-order valence-electron chi connectivity index (χ0n) is 22.4. The van der Waals surface area contributed by atoms with Gasteiger partial charge < -0.3 is 10.2 Å². The second-order valence-corrected chi connectivity index (χ2v) is 11.7. The molecule has 3 aromatic carbocycles. The predicted molar refractivity (Wildman–Crippen MR) is 151 cm³/mol. The van der Waals surface area contributed by atoms with Crippen molar-refractivity contribution in [1.29, 1.82) is 0 Å². The highest BCUT2D eigenvalue weighted by molar-refractivity contribution is 7.93. The minimum atomic E-state index is -3.67. The Kier molecular flexibility index (Phi) is 8.72. The fourth-order valence-corrected chi connectivity index (χ4v) is 6.86. The predicted octanol–water partition coefficient (Wildman–Crippen LogP) is 5.16. The Hall–Kier alpha value is -3.39. The summed E-state index contributed by atoms with van der Waals surface area (Å²) in [4.78, 5) is 28.7. The van der Waals surface area contributed by atoms with Crippen LogP contribution < -0.4 is 9.62 Å². The number of amides is 2. The van der Waals surface area contributed by atoms with Crippen molar-refractivity contribution < 1.29 is 18.0 Å². The molecule has 0 saturated heterocycles. The summed E-state index contributed by atoms with van der Waals surface area (Å²) < 4.78 is 28.0. The summed E-state index contributed by atoms with van der Waals surface area (Å²) in [7, 11) is -3.67. The molecular weight excluding hydrogens is 498 g/mol. The molecule has 0 bridgehead atoms. The molecule has 0 aromatic heterocycles. The number of unbranched alkanes of at least 4 members (excludes halogenated alkanes) is 1. The van der Waals surface area contributed by atoms with E-state index in [9.17, 15) is 18.0 Å². The van der Waals surface area contributed by atoms with E-state index in [1.165, 1.54) is 4.31 Å². The summed E-state index contributed by atoms with van der Waals surface area (Å²) in [6.07, 6.45) is 2.84. The van der Waals surface area contributed by atoms with Gasteiger partial charge >= 0.3 is 0 Å². The Balaban J connectivity index is 1.51. The highest BCUT2D eigenvalue weighted by Gasteiger charge is 2.35. The van der Waals surface area contributed by atoms with Crippen LogP contribution in [0.5, 0.6) is 0 Å². The van der Waals surface area contributed by atoms with Gasteiger partial charge in [0.25, 0.3) is 10.0 Å². The molecule has 0 saturated carbocycles. The molecule has 1 unspecified atom stereocenters. The summed E-state index contributed by atoms with van der Waals surface area (Å²) in [5.41, 5.74) is 2.70.